The Morgan fingerprint density at radius 1 is 0.909 bits per heavy atom. The summed E-state index contributed by atoms with van der Waals surface area (Å²) in [5, 5.41) is 38.1. The molecule has 0 bridgehead atoms. The van der Waals surface area contributed by atoms with E-state index in [1.54, 1.807) is 0 Å². The average molecular weight is 346 g/mol. The van der Waals surface area contributed by atoms with E-state index < -0.39 is 55.9 Å². The molecule has 0 amide bonds. The standard InChI is InChI=1S/C9H13NO8.CH4.3Na/c11-6(12)2-1-5(9(17)18)10(3-7(13)14)4-8(15)16;;;;/h5H,1-4H2,(H,11,12)(H,13,14)(H,15,16)(H,17,18);1H4;;;/q;;3*+1/p-2/t5-;;;;/m0..../s1. The normalized spacial score (nSPS) is 9.86. The van der Waals surface area contributed by atoms with Crippen molar-refractivity contribution in [1.82, 2.24) is 4.90 Å². The van der Waals surface area contributed by atoms with Crippen LogP contribution in [0.1, 0.15) is 20.3 Å². The Morgan fingerprint density at radius 3 is 1.64 bits per heavy atom. The second-order valence-electron chi connectivity index (χ2n) is 3.44. The Balaban J connectivity index is -0.000000241. The molecule has 0 saturated heterocycles. The third-order valence-electron chi connectivity index (χ3n) is 2.02. The number of aliphatic carboxylic acids is 4. The Bertz CT molecular complexity index is 350. The van der Waals surface area contributed by atoms with Crippen LogP contribution < -0.4 is 98.9 Å². The number of carboxylic acids is 4. The van der Waals surface area contributed by atoms with Crippen LogP contribution in [0.2, 0.25) is 0 Å². The van der Waals surface area contributed by atoms with Crippen LogP contribution in [-0.4, -0.2) is 58.1 Å². The van der Waals surface area contributed by atoms with Crippen molar-refractivity contribution in [1.29, 1.82) is 0 Å². The molecule has 0 aromatic heterocycles. The monoisotopic (exact) mass is 346 g/mol. The maximum absolute atomic E-state index is 10.8. The van der Waals surface area contributed by atoms with E-state index in [1.807, 2.05) is 0 Å². The van der Waals surface area contributed by atoms with Crippen molar-refractivity contribution in [2.75, 3.05) is 13.1 Å². The first-order valence-corrected chi connectivity index (χ1v) is 4.82. The van der Waals surface area contributed by atoms with Crippen molar-refractivity contribution in [2.45, 2.75) is 26.3 Å². The summed E-state index contributed by atoms with van der Waals surface area (Å²) in [5.41, 5.74) is 0. The van der Waals surface area contributed by atoms with E-state index in [9.17, 15) is 29.4 Å². The van der Waals surface area contributed by atoms with Crippen LogP contribution >= 0.6 is 0 Å². The zero-order chi connectivity index (χ0) is 14.3. The molecule has 2 N–H and O–H groups in total. The van der Waals surface area contributed by atoms with Gasteiger partial charge in [-0.3, -0.25) is 14.5 Å². The fourth-order valence-corrected chi connectivity index (χ4v) is 1.33. The summed E-state index contributed by atoms with van der Waals surface area (Å²) in [5.74, 6) is -6.14. The number of carbonyl (C=O) groups excluding carboxylic acids is 2. The van der Waals surface area contributed by atoms with Gasteiger partial charge in [-0.05, 0) is 6.42 Å². The summed E-state index contributed by atoms with van der Waals surface area (Å²) in [6.45, 7) is -1.81. The van der Waals surface area contributed by atoms with E-state index in [1.165, 1.54) is 0 Å². The second kappa shape index (κ2) is 18.2. The molecule has 1 atom stereocenters. The Labute approximate surface area is 194 Å². The van der Waals surface area contributed by atoms with E-state index >= 15 is 0 Å². The van der Waals surface area contributed by atoms with Crippen LogP contribution in [0.4, 0.5) is 0 Å². The van der Waals surface area contributed by atoms with Crippen LogP contribution in [0.25, 0.3) is 0 Å². The molecule has 110 valence electrons. The number of hydrogen-bond donors (Lipinski definition) is 2. The fourth-order valence-electron chi connectivity index (χ4n) is 1.33. The minimum Gasteiger partial charge on any atom is -0.549 e. The summed E-state index contributed by atoms with van der Waals surface area (Å²) < 4.78 is 0. The maximum Gasteiger partial charge on any atom is 1.00 e. The minimum atomic E-state index is -1.74. The molecule has 12 heteroatoms. The predicted octanol–water partition coefficient (Wildman–Crippen LogP) is -12.2. The summed E-state index contributed by atoms with van der Waals surface area (Å²) in [4.78, 5) is 42.5. The molecule has 0 aliphatic carbocycles. The van der Waals surface area contributed by atoms with Gasteiger partial charge in [-0.2, -0.15) is 0 Å². The molecule has 0 aliphatic heterocycles. The zero-order valence-electron chi connectivity index (χ0n) is 12.2. The molecular weight excluding hydrogens is 331 g/mol. The van der Waals surface area contributed by atoms with Crippen molar-refractivity contribution in [3.8, 4) is 0 Å². The van der Waals surface area contributed by atoms with Crippen molar-refractivity contribution in [2.24, 2.45) is 0 Å². The molecule has 0 radical (unpaired) electrons. The molecule has 0 fully saturated rings. The van der Waals surface area contributed by atoms with E-state index in [0.717, 1.165) is 0 Å². The van der Waals surface area contributed by atoms with Gasteiger partial charge in [-0.25, -0.2) is 0 Å². The molecule has 22 heavy (non-hydrogen) atoms. The van der Waals surface area contributed by atoms with Gasteiger partial charge in [-0.1, -0.05) is 7.43 Å². The molecular formula is C10H15NNa3O8+. The van der Waals surface area contributed by atoms with Crippen LogP contribution in [0, 0.1) is 0 Å². The summed E-state index contributed by atoms with van der Waals surface area (Å²) in [6.07, 6.45) is -1.01. The van der Waals surface area contributed by atoms with Gasteiger partial charge >= 0.3 is 101 Å². The molecule has 0 aromatic carbocycles. The van der Waals surface area contributed by atoms with Crippen LogP contribution in [0.3, 0.4) is 0 Å². The summed E-state index contributed by atoms with van der Waals surface area (Å²) in [7, 11) is 0. The van der Waals surface area contributed by atoms with Crippen LogP contribution in [-0.2, 0) is 19.2 Å². The average Bonchev–Trinajstić information content (AvgIpc) is 2.14. The Morgan fingerprint density at radius 2 is 1.36 bits per heavy atom. The van der Waals surface area contributed by atoms with Gasteiger partial charge in [0, 0.05) is 13.0 Å². The number of rotatable bonds is 9. The molecule has 0 unspecified atom stereocenters. The third kappa shape index (κ3) is 17.2. The number of carboxylic acid groups (broad SMARTS) is 4. The topological polar surface area (TPSA) is 158 Å². The number of hydrogen-bond acceptors (Lipinski definition) is 7. The number of carbonyl (C=O) groups is 4. The summed E-state index contributed by atoms with van der Waals surface area (Å²) in [6, 6.07) is -1.62. The molecule has 0 spiro atoms. The van der Waals surface area contributed by atoms with E-state index in [4.69, 9.17) is 10.2 Å². The quantitative estimate of drug-likeness (QED) is 0.387. The van der Waals surface area contributed by atoms with Crippen molar-refractivity contribution >= 4 is 23.9 Å². The first-order chi connectivity index (χ1) is 8.23. The largest absolute Gasteiger partial charge is 1.00 e. The molecule has 0 aromatic rings. The Hall–Kier alpha value is 0.840. The molecule has 0 heterocycles. The van der Waals surface area contributed by atoms with Gasteiger partial charge < -0.3 is 30.0 Å². The second-order valence-corrected chi connectivity index (χ2v) is 3.44. The first-order valence-electron chi connectivity index (χ1n) is 4.82. The fraction of sp³-hybridized carbons (Fsp3) is 0.600. The molecule has 0 saturated carbocycles. The van der Waals surface area contributed by atoms with Crippen molar-refractivity contribution in [3.05, 3.63) is 0 Å². The van der Waals surface area contributed by atoms with Gasteiger partial charge in [-0.15, -0.1) is 0 Å². The van der Waals surface area contributed by atoms with Gasteiger partial charge in [0.05, 0.1) is 24.5 Å². The SMILES string of the molecule is C.O=C([O-])CN(CC(=O)O)[C@@H](CCC(=O)O)C(=O)[O-].[Na+].[Na+].[Na+]. The predicted molar refractivity (Wildman–Crippen MR) is 56.6 cm³/mol. The number of nitrogens with zero attached hydrogens (tertiary/aromatic N) is 1. The van der Waals surface area contributed by atoms with Gasteiger partial charge in [0.15, 0.2) is 0 Å². The van der Waals surface area contributed by atoms with Crippen molar-refractivity contribution < 1.29 is 128 Å². The van der Waals surface area contributed by atoms with Crippen molar-refractivity contribution in [3.63, 3.8) is 0 Å². The Kier molecular flexibility index (Phi) is 28.3. The zero-order valence-corrected chi connectivity index (χ0v) is 18.2. The minimum absolute atomic E-state index is 0. The third-order valence-corrected chi connectivity index (χ3v) is 2.02. The molecule has 0 rings (SSSR count). The van der Waals surface area contributed by atoms with Gasteiger partial charge in [0.1, 0.15) is 0 Å². The smallest absolute Gasteiger partial charge is 0.549 e. The molecule has 9 nitrogen and oxygen atoms in total. The van der Waals surface area contributed by atoms with Gasteiger partial charge in [0.2, 0.25) is 0 Å². The van der Waals surface area contributed by atoms with E-state index in [-0.39, 0.29) is 96.1 Å². The van der Waals surface area contributed by atoms with Crippen LogP contribution in [0.15, 0.2) is 0 Å². The summed E-state index contributed by atoms with van der Waals surface area (Å²) >= 11 is 0. The first kappa shape index (κ1) is 34.2. The van der Waals surface area contributed by atoms with E-state index in [0.29, 0.717) is 4.90 Å². The van der Waals surface area contributed by atoms with Crippen LogP contribution in [0.5, 0.6) is 0 Å². The van der Waals surface area contributed by atoms with Gasteiger partial charge in [0.25, 0.3) is 0 Å². The molecule has 0 aliphatic rings. The van der Waals surface area contributed by atoms with E-state index in [2.05, 4.69) is 0 Å². The maximum atomic E-state index is 10.8.